The van der Waals surface area contributed by atoms with Gasteiger partial charge >= 0.3 is 5.97 Å². The van der Waals surface area contributed by atoms with Crippen LogP contribution < -0.4 is 9.47 Å². The highest BCUT2D eigenvalue weighted by Gasteiger charge is 2.26. The lowest BCUT2D eigenvalue weighted by Crippen LogP contribution is -2.39. The van der Waals surface area contributed by atoms with Gasteiger partial charge in [0.05, 0.1) is 52.4 Å². The summed E-state index contributed by atoms with van der Waals surface area (Å²) in [6, 6.07) is 13.7. The van der Waals surface area contributed by atoms with Crippen LogP contribution in [0.15, 0.2) is 48.7 Å². The van der Waals surface area contributed by atoms with Crippen LogP contribution in [0.4, 0.5) is 0 Å². The summed E-state index contributed by atoms with van der Waals surface area (Å²) in [7, 11) is 0. The number of aromatic nitrogens is 4. The van der Waals surface area contributed by atoms with E-state index in [1.54, 1.807) is 48.7 Å². The third-order valence-electron chi connectivity index (χ3n) is 7.54. The number of piperidine rings is 1. The molecular formula is C30H29ClN6O5. The van der Waals surface area contributed by atoms with Crippen LogP contribution in [0.25, 0.3) is 11.0 Å². The van der Waals surface area contributed by atoms with Crippen molar-refractivity contribution in [1.29, 1.82) is 5.26 Å². The first kappa shape index (κ1) is 27.9. The fourth-order valence-electron chi connectivity index (χ4n) is 5.16. The number of nitrogens with zero attached hydrogens (tertiary/aromatic N) is 6. The molecule has 11 nitrogen and oxygen atoms in total. The lowest BCUT2D eigenvalue weighted by Gasteiger charge is -2.32. The van der Waals surface area contributed by atoms with E-state index in [2.05, 4.69) is 19.4 Å². The first-order valence-corrected chi connectivity index (χ1v) is 14.2. The maximum Gasteiger partial charge on any atom is 0.335 e. The quantitative estimate of drug-likeness (QED) is 0.283. The SMILES string of the molecule is N#Cc1ccc(OCc2nccc(OC3CCN(Cc4nc5ccc(C(=O)O)cc5n4C[C@@H]4CCO4)CC3)n2)c(Cl)c1. The van der Waals surface area contributed by atoms with E-state index < -0.39 is 5.97 Å². The highest BCUT2D eigenvalue weighted by molar-refractivity contribution is 6.32. The van der Waals surface area contributed by atoms with Gasteiger partial charge in [-0.1, -0.05) is 11.6 Å². The van der Waals surface area contributed by atoms with Crippen LogP contribution in [-0.4, -0.2) is 67.4 Å². The van der Waals surface area contributed by atoms with E-state index in [0.717, 1.165) is 55.8 Å². The van der Waals surface area contributed by atoms with E-state index in [9.17, 15) is 9.90 Å². The number of benzene rings is 2. The van der Waals surface area contributed by atoms with E-state index in [1.807, 2.05) is 6.07 Å². The van der Waals surface area contributed by atoms with Crippen molar-refractivity contribution < 1.29 is 24.1 Å². The smallest absolute Gasteiger partial charge is 0.335 e. The van der Waals surface area contributed by atoms with Gasteiger partial charge in [0.1, 0.15) is 24.3 Å². The molecule has 0 radical (unpaired) electrons. The second kappa shape index (κ2) is 12.3. The summed E-state index contributed by atoms with van der Waals surface area (Å²) < 4.78 is 19.7. The molecule has 12 heteroatoms. The summed E-state index contributed by atoms with van der Waals surface area (Å²) in [4.78, 5) is 27.5. The average molecular weight is 589 g/mol. The number of ether oxygens (including phenoxy) is 3. The minimum absolute atomic E-state index is 0.0122. The lowest BCUT2D eigenvalue weighted by atomic mass is 10.1. The summed E-state index contributed by atoms with van der Waals surface area (Å²) in [5.41, 5.74) is 2.32. The predicted octanol–water partition coefficient (Wildman–Crippen LogP) is 4.46. The Labute approximate surface area is 247 Å². The van der Waals surface area contributed by atoms with E-state index in [1.165, 1.54) is 0 Å². The Hall–Kier alpha value is -4.24. The summed E-state index contributed by atoms with van der Waals surface area (Å²) in [6.45, 7) is 3.84. The Balaban J connectivity index is 1.06. The molecule has 1 atom stereocenters. The number of rotatable bonds is 10. The van der Waals surface area contributed by atoms with Gasteiger partial charge in [-0.05, 0) is 55.7 Å². The van der Waals surface area contributed by atoms with Crippen molar-refractivity contribution in [2.45, 2.75) is 51.2 Å². The number of nitriles is 1. The van der Waals surface area contributed by atoms with Crippen molar-refractivity contribution in [3.05, 3.63) is 76.5 Å². The number of hydrogen-bond acceptors (Lipinski definition) is 9. The molecule has 0 amide bonds. The summed E-state index contributed by atoms with van der Waals surface area (Å²) in [5, 5.41) is 18.8. The van der Waals surface area contributed by atoms with Crippen molar-refractivity contribution in [2.24, 2.45) is 0 Å². The maximum absolute atomic E-state index is 11.6. The maximum atomic E-state index is 11.6. The second-order valence-electron chi connectivity index (χ2n) is 10.4. The number of aromatic carboxylic acids is 1. The Morgan fingerprint density at radius 1 is 1.14 bits per heavy atom. The largest absolute Gasteiger partial charge is 0.484 e. The zero-order valence-corrected chi connectivity index (χ0v) is 23.5. The average Bonchev–Trinajstić information content (AvgIpc) is 3.31. The van der Waals surface area contributed by atoms with Crippen LogP contribution in [-0.2, 0) is 24.4 Å². The Kier molecular flexibility index (Phi) is 8.19. The number of hydrogen-bond donors (Lipinski definition) is 1. The van der Waals surface area contributed by atoms with Gasteiger partial charge in [0.25, 0.3) is 0 Å². The van der Waals surface area contributed by atoms with Crippen molar-refractivity contribution in [2.75, 3.05) is 19.7 Å². The van der Waals surface area contributed by atoms with Gasteiger partial charge in [-0.25, -0.2) is 14.8 Å². The first-order chi connectivity index (χ1) is 20.4. The fraction of sp³-hybridized carbons (Fsp3) is 0.367. The molecule has 0 bridgehead atoms. The second-order valence-corrected chi connectivity index (χ2v) is 10.8. The monoisotopic (exact) mass is 588 g/mol. The number of carboxylic acids is 1. The molecular weight excluding hydrogens is 560 g/mol. The molecule has 42 heavy (non-hydrogen) atoms. The zero-order valence-electron chi connectivity index (χ0n) is 22.8. The number of fused-ring (bicyclic) bond motifs is 1. The number of halogens is 1. The lowest BCUT2D eigenvalue weighted by molar-refractivity contribution is -0.0592. The highest BCUT2D eigenvalue weighted by atomic mass is 35.5. The number of carboxylic acid groups (broad SMARTS) is 1. The van der Waals surface area contributed by atoms with Gasteiger partial charge in [0.15, 0.2) is 5.82 Å². The molecule has 2 saturated heterocycles. The van der Waals surface area contributed by atoms with Gasteiger partial charge < -0.3 is 23.9 Å². The van der Waals surface area contributed by atoms with Crippen molar-refractivity contribution in [1.82, 2.24) is 24.4 Å². The molecule has 216 valence electrons. The zero-order chi connectivity index (χ0) is 29.1. The third-order valence-corrected chi connectivity index (χ3v) is 7.83. The molecule has 0 aliphatic carbocycles. The van der Waals surface area contributed by atoms with E-state index in [-0.39, 0.29) is 24.4 Å². The predicted molar refractivity (Wildman–Crippen MR) is 153 cm³/mol. The standard InChI is InChI=1S/C30H29ClN6O5/c31-23-13-19(15-32)1-4-26(23)41-18-27-33-9-5-29(35-27)42-21-6-10-36(11-7-21)17-28-34-24-3-2-20(30(38)39)14-25(24)37(28)16-22-8-12-40-22/h1-5,9,13-14,21-22H,6-8,10-12,16-18H2,(H,38,39)/t22-/m0/s1. The van der Waals surface area contributed by atoms with Gasteiger partial charge in [-0.2, -0.15) is 10.2 Å². The number of carbonyl (C=O) groups is 1. The van der Waals surface area contributed by atoms with Gasteiger partial charge in [0.2, 0.25) is 5.88 Å². The van der Waals surface area contributed by atoms with Crippen molar-refractivity contribution >= 4 is 28.6 Å². The molecule has 0 saturated carbocycles. The highest BCUT2D eigenvalue weighted by Crippen LogP contribution is 2.27. The molecule has 2 aromatic heterocycles. The molecule has 2 aliphatic heterocycles. The Morgan fingerprint density at radius 2 is 1.98 bits per heavy atom. The number of imidazole rings is 1. The molecule has 1 N–H and O–H groups in total. The van der Waals surface area contributed by atoms with E-state index >= 15 is 0 Å². The van der Waals surface area contributed by atoms with Crippen LogP contribution in [0.2, 0.25) is 5.02 Å². The minimum atomic E-state index is -0.952. The molecule has 4 heterocycles. The van der Waals surface area contributed by atoms with Gasteiger partial charge in [-0.15, -0.1) is 0 Å². The Morgan fingerprint density at radius 3 is 2.69 bits per heavy atom. The molecule has 2 fully saturated rings. The summed E-state index contributed by atoms with van der Waals surface area (Å²) in [6.07, 6.45) is 4.41. The van der Waals surface area contributed by atoms with Gasteiger partial charge in [-0.3, -0.25) is 4.90 Å². The fourth-order valence-corrected chi connectivity index (χ4v) is 5.40. The van der Waals surface area contributed by atoms with E-state index in [0.29, 0.717) is 41.1 Å². The van der Waals surface area contributed by atoms with Crippen LogP contribution in [0.5, 0.6) is 11.6 Å². The minimum Gasteiger partial charge on any atom is -0.484 e. The van der Waals surface area contributed by atoms with Gasteiger partial charge in [0, 0.05) is 32.0 Å². The van der Waals surface area contributed by atoms with Crippen molar-refractivity contribution in [3.63, 3.8) is 0 Å². The van der Waals surface area contributed by atoms with Crippen LogP contribution in [0.3, 0.4) is 0 Å². The number of likely N-dealkylation sites (tertiary alicyclic amines) is 1. The summed E-state index contributed by atoms with van der Waals surface area (Å²) >= 11 is 6.20. The molecule has 6 rings (SSSR count). The van der Waals surface area contributed by atoms with Crippen molar-refractivity contribution in [3.8, 4) is 17.7 Å². The molecule has 0 unspecified atom stereocenters. The molecule has 2 aromatic carbocycles. The topological polar surface area (TPSA) is 136 Å². The Bertz CT molecular complexity index is 1640. The van der Waals surface area contributed by atoms with Crippen LogP contribution in [0, 0.1) is 11.3 Å². The summed E-state index contributed by atoms with van der Waals surface area (Å²) in [5.74, 6) is 1.36. The van der Waals surface area contributed by atoms with E-state index in [4.69, 9.17) is 36.1 Å². The first-order valence-electron chi connectivity index (χ1n) is 13.8. The molecule has 0 spiro atoms. The van der Waals surface area contributed by atoms with Crippen LogP contribution in [0.1, 0.15) is 46.8 Å². The molecule has 2 aliphatic rings. The third kappa shape index (κ3) is 6.31. The van der Waals surface area contributed by atoms with Crippen LogP contribution >= 0.6 is 11.6 Å². The normalized spacial score (nSPS) is 17.5. The molecule has 4 aromatic rings.